The van der Waals surface area contributed by atoms with Crippen molar-refractivity contribution in [3.8, 4) is 11.3 Å². The van der Waals surface area contributed by atoms with Crippen LogP contribution in [-0.4, -0.2) is 48.7 Å². The van der Waals surface area contributed by atoms with Gasteiger partial charge < -0.3 is 14.5 Å². The Hall–Kier alpha value is -1.82. The van der Waals surface area contributed by atoms with Crippen LogP contribution in [0.25, 0.3) is 11.3 Å². The van der Waals surface area contributed by atoms with Crippen LogP contribution in [0.3, 0.4) is 0 Å². The zero-order valence-corrected chi connectivity index (χ0v) is 14.8. The van der Waals surface area contributed by atoms with E-state index in [1.54, 1.807) is 18.2 Å². The number of rotatable bonds is 3. The third-order valence-corrected chi connectivity index (χ3v) is 5.23. The van der Waals surface area contributed by atoms with Crippen LogP contribution in [0, 0.1) is 0 Å². The first-order chi connectivity index (χ1) is 12.1. The normalized spacial score (nSPS) is 26.4. The molecule has 0 radical (unpaired) electrons. The third-order valence-electron chi connectivity index (χ3n) is 4.90. The minimum absolute atomic E-state index is 0.125. The van der Waals surface area contributed by atoms with Gasteiger partial charge >= 0.3 is 0 Å². The van der Waals surface area contributed by atoms with Crippen molar-refractivity contribution in [1.29, 1.82) is 0 Å². The molecule has 132 valence electrons. The van der Waals surface area contributed by atoms with Crippen molar-refractivity contribution in [3.05, 3.63) is 47.2 Å². The van der Waals surface area contributed by atoms with E-state index in [0.717, 1.165) is 31.7 Å². The highest BCUT2D eigenvalue weighted by atomic mass is 35.5. The molecule has 1 N–H and O–H groups in total. The topological polar surface area (TPSA) is 54.7 Å². The number of benzene rings is 1. The lowest BCUT2D eigenvalue weighted by Crippen LogP contribution is -2.45. The number of fused-ring (bicyclic) bond motifs is 1. The van der Waals surface area contributed by atoms with Crippen LogP contribution in [0.4, 0.5) is 0 Å². The molecule has 2 aromatic rings. The van der Waals surface area contributed by atoms with E-state index in [2.05, 4.69) is 17.1 Å². The smallest absolute Gasteiger partial charge is 0.287 e. The number of nitrogens with zero attached hydrogens (tertiary/aromatic N) is 1. The Balaban J connectivity index is 1.42. The van der Waals surface area contributed by atoms with Gasteiger partial charge in [0.15, 0.2) is 5.76 Å². The third kappa shape index (κ3) is 3.45. The van der Waals surface area contributed by atoms with Crippen LogP contribution in [-0.2, 0) is 4.74 Å². The van der Waals surface area contributed by atoms with Crippen molar-refractivity contribution in [3.63, 3.8) is 0 Å². The maximum Gasteiger partial charge on any atom is 0.287 e. The minimum Gasteiger partial charge on any atom is -0.451 e. The van der Waals surface area contributed by atoms with E-state index in [-0.39, 0.29) is 18.1 Å². The van der Waals surface area contributed by atoms with Crippen molar-refractivity contribution < 1.29 is 13.9 Å². The summed E-state index contributed by atoms with van der Waals surface area (Å²) in [5, 5.41) is 3.69. The average Bonchev–Trinajstić information content (AvgIpc) is 3.21. The summed E-state index contributed by atoms with van der Waals surface area (Å²) < 4.78 is 11.4. The van der Waals surface area contributed by atoms with Gasteiger partial charge in [0.1, 0.15) is 5.76 Å². The second-order valence-corrected chi connectivity index (χ2v) is 7.21. The Kier molecular flexibility index (Phi) is 4.54. The highest BCUT2D eigenvalue weighted by Gasteiger charge is 2.37. The number of hydrogen-bond acceptors (Lipinski definition) is 4. The molecule has 2 aliphatic heterocycles. The van der Waals surface area contributed by atoms with Gasteiger partial charge in [-0.2, -0.15) is 0 Å². The lowest BCUT2D eigenvalue weighted by atomic mass is 10.1. The van der Waals surface area contributed by atoms with E-state index < -0.39 is 0 Å². The SMILES string of the molecule is C[C@@H]1CN2C[C@@H](NC(=O)c3ccc(-c4ccccc4Cl)o3)C[C@H]2CO1. The zero-order valence-electron chi connectivity index (χ0n) is 14.1. The second-order valence-electron chi connectivity index (χ2n) is 6.80. The van der Waals surface area contributed by atoms with E-state index in [1.807, 2.05) is 18.2 Å². The molecule has 25 heavy (non-hydrogen) atoms. The molecule has 1 amide bonds. The highest BCUT2D eigenvalue weighted by Crippen LogP contribution is 2.29. The quantitative estimate of drug-likeness (QED) is 0.913. The van der Waals surface area contributed by atoms with Crippen molar-refractivity contribution in [2.24, 2.45) is 0 Å². The zero-order chi connectivity index (χ0) is 17.4. The summed E-state index contributed by atoms with van der Waals surface area (Å²) in [6.07, 6.45) is 1.17. The summed E-state index contributed by atoms with van der Waals surface area (Å²) >= 11 is 6.19. The molecule has 0 aliphatic carbocycles. The average molecular weight is 361 g/mol. The summed E-state index contributed by atoms with van der Waals surface area (Å²) in [6.45, 7) is 4.61. The number of ether oxygens (including phenoxy) is 1. The molecule has 0 unspecified atom stereocenters. The van der Waals surface area contributed by atoms with E-state index >= 15 is 0 Å². The fourth-order valence-corrected chi connectivity index (χ4v) is 3.90. The van der Waals surface area contributed by atoms with E-state index in [0.29, 0.717) is 22.6 Å². The molecule has 3 atom stereocenters. The molecule has 4 rings (SSSR count). The Morgan fingerprint density at radius 3 is 2.92 bits per heavy atom. The number of nitrogens with one attached hydrogen (secondary N) is 1. The molecule has 0 saturated carbocycles. The first-order valence-electron chi connectivity index (χ1n) is 8.61. The number of halogens is 1. The number of hydrogen-bond donors (Lipinski definition) is 1. The van der Waals surface area contributed by atoms with Gasteiger partial charge in [-0.1, -0.05) is 23.7 Å². The maximum absolute atomic E-state index is 12.5. The van der Waals surface area contributed by atoms with Crippen LogP contribution in [0.2, 0.25) is 5.02 Å². The van der Waals surface area contributed by atoms with Crippen LogP contribution in [0.15, 0.2) is 40.8 Å². The first-order valence-corrected chi connectivity index (χ1v) is 8.99. The van der Waals surface area contributed by atoms with Crippen molar-refractivity contribution in [2.45, 2.75) is 31.5 Å². The lowest BCUT2D eigenvalue weighted by molar-refractivity contribution is -0.0390. The standard InChI is InChI=1S/C19H21ClN2O3/c1-12-9-22-10-13(8-14(22)11-24-12)21-19(23)18-7-6-17(25-18)15-4-2-3-5-16(15)20/h2-7,12-14H,8-11H2,1H3,(H,21,23)/t12-,13+,14+/m1/s1. The number of morpholine rings is 1. The van der Waals surface area contributed by atoms with Gasteiger partial charge in [-0.3, -0.25) is 9.69 Å². The Bertz CT molecular complexity index is 776. The van der Waals surface area contributed by atoms with Gasteiger partial charge in [-0.25, -0.2) is 0 Å². The van der Waals surface area contributed by atoms with Gasteiger partial charge in [0.05, 0.1) is 17.7 Å². The minimum atomic E-state index is -0.183. The summed E-state index contributed by atoms with van der Waals surface area (Å²) in [6, 6.07) is 11.4. The van der Waals surface area contributed by atoms with Crippen molar-refractivity contribution in [1.82, 2.24) is 10.2 Å². The molecular weight excluding hydrogens is 340 g/mol. The second kappa shape index (κ2) is 6.83. The number of furan rings is 1. The Morgan fingerprint density at radius 2 is 2.08 bits per heavy atom. The molecule has 2 saturated heterocycles. The van der Waals surface area contributed by atoms with Crippen molar-refractivity contribution in [2.75, 3.05) is 19.7 Å². The number of carbonyl (C=O) groups excluding carboxylic acids is 1. The van der Waals surface area contributed by atoms with Gasteiger partial charge in [0, 0.05) is 30.7 Å². The molecule has 0 bridgehead atoms. The highest BCUT2D eigenvalue weighted by molar-refractivity contribution is 6.33. The molecule has 0 spiro atoms. The van der Waals surface area contributed by atoms with Gasteiger partial charge in [-0.05, 0) is 37.6 Å². The van der Waals surface area contributed by atoms with Crippen LogP contribution in [0.5, 0.6) is 0 Å². The fraction of sp³-hybridized carbons (Fsp3) is 0.421. The molecule has 1 aromatic carbocycles. The number of carbonyl (C=O) groups is 1. The van der Waals surface area contributed by atoms with Gasteiger partial charge in [0.25, 0.3) is 5.91 Å². The summed E-state index contributed by atoms with van der Waals surface area (Å²) in [5.74, 6) is 0.725. The van der Waals surface area contributed by atoms with Crippen LogP contribution >= 0.6 is 11.6 Å². The first kappa shape index (κ1) is 16.6. The molecule has 6 heteroatoms. The molecule has 1 aromatic heterocycles. The molecule has 5 nitrogen and oxygen atoms in total. The largest absolute Gasteiger partial charge is 0.451 e. The van der Waals surface area contributed by atoms with Gasteiger partial charge in [0.2, 0.25) is 0 Å². The van der Waals surface area contributed by atoms with Gasteiger partial charge in [-0.15, -0.1) is 0 Å². The van der Waals surface area contributed by atoms with E-state index in [9.17, 15) is 4.79 Å². The lowest BCUT2D eigenvalue weighted by Gasteiger charge is -2.33. The molecule has 3 heterocycles. The fourth-order valence-electron chi connectivity index (χ4n) is 3.67. The Morgan fingerprint density at radius 1 is 1.24 bits per heavy atom. The van der Waals surface area contributed by atoms with Crippen LogP contribution < -0.4 is 5.32 Å². The molecule has 2 fully saturated rings. The van der Waals surface area contributed by atoms with Crippen LogP contribution in [0.1, 0.15) is 23.9 Å². The maximum atomic E-state index is 12.5. The predicted molar refractivity (Wildman–Crippen MR) is 95.8 cm³/mol. The Labute approximate surface area is 151 Å². The number of amides is 1. The van der Waals surface area contributed by atoms with E-state index in [1.165, 1.54) is 0 Å². The summed E-state index contributed by atoms with van der Waals surface area (Å²) in [4.78, 5) is 14.9. The summed E-state index contributed by atoms with van der Waals surface area (Å²) in [5.41, 5.74) is 0.785. The van der Waals surface area contributed by atoms with E-state index in [4.69, 9.17) is 20.8 Å². The summed E-state index contributed by atoms with van der Waals surface area (Å²) in [7, 11) is 0. The monoisotopic (exact) mass is 360 g/mol. The molecule has 2 aliphatic rings. The molecular formula is C19H21ClN2O3. The predicted octanol–water partition coefficient (Wildman–Crippen LogP) is 3.19. The van der Waals surface area contributed by atoms with Crippen molar-refractivity contribution >= 4 is 17.5 Å².